The summed E-state index contributed by atoms with van der Waals surface area (Å²) in [6.07, 6.45) is 2.39. The smallest absolute Gasteiger partial charge is 0.407 e. The lowest BCUT2D eigenvalue weighted by Crippen LogP contribution is -2.55. The predicted molar refractivity (Wildman–Crippen MR) is 242 cm³/mol. The van der Waals surface area contributed by atoms with Gasteiger partial charge in [-0.15, -0.1) is 0 Å². The molecule has 4 N–H and O–H groups in total. The Balaban J connectivity index is 0.874. The summed E-state index contributed by atoms with van der Waals surface area (Å²) in [5, 5.41) is 11.3. The number of fused-ring (bicyclic) bond motifs is 6. The van der Waals surface area contributed by atoms with Crippen LogP contribution in [-0.2, 0) is 35.0 Å². The first-order chi connectivity index (χ1) is 31.5. The summed E-state index contributed by atoms with van der Waals surface area (Å²) in [6, 6.07) is 24.1. The van der Waals surface area contributed by atoms with E-state index in [0.717, 1.165) is 70.3 Å². The number of rotatable bonds is 9. The highest BCUT2D eigenvalue weighted by molar-refractivity contribution is 6.05. The predicted octanol–water partition coefficient (Wildman–Crippen LogP) is 6.23. The average molecular weight is 883 g/mol. The molecule has 6 atom stereocenters. The monoisotopic (exact) mass is 882 g/mol. The van der Waals surface area contributed by atoms with E-state index < -0.39 is 36.1 Å². The molecule has 3 saturated heterocycles. The van der Waals surface area contributed by atoms with Gasteiger partial charge in [-0.1, -0.05) is 80.6 Å². The molecule has 5 aliphatic rings. The lowest BCUT2D eigenvalue weighted by molar-refractivity contribution is -0.153. The van der Waals surface area contributed by atoms with Crippen molar-refractivity contribution < 1.29 is 38.1 Å². The maximum atomic E-state index is 14.2. The Bertz CT molecular complexity index is 2700. The number of imidazole rings is 1. The molecule has 65 heavy (non-hydrogen) atoms. The number of benzene rings is 4. The number of aryl methyl sites for hydroxylation is 1. The van der Waals surface area contributed by atoms with Gasteiger partial charge >= 0.3 is 12.2 Å². The van der Waals surface area contributed by atoms with Gasteiger partial charge in [0.25, 0.3) is 5.91 Å². The number of hydrogen-bond acceptors (Lipinski definition) is 11. The number of nitrogens with one attached hydrogen (secondary N) is 4. The summed E-state index contributed by atoms with van der Waals surface area (Å²) < 4.78 is 22.0. The Labute approximate surface area is 376 Å². The number of ether oxygens (including phenoxy) is 4. The largest absolute Gasteiger partial charge is 0.453 e. The van der Waals surface area contributed by atoms with Crippen LogP contribution in [0.15, 0.2) is 83.9 Å². The van der Waals surface area contributed by atoms with Crippen molar-refractivity contribution in [2.75, 3.05) is 40.5 Å². The molecule has 16 nitrogen and oxygen atoms in total. The molecule has 1 aromatic heterocycles. The molecule has 4 aliphatic heterocycles. The number of methoxy groups -OCH3 is 2. The fourth-order valence-electron chi connectivity index (χ4n) is 10.5. The van der Waals surface area contributed by atoms with E-state index >= 15 is 0 Å². The molecule has 5 aromatic rings. The highest BCUT2D eigenvalue weighted by Gasteiger charge is 2.54. The number of carbonyl (C=O) groups is 4. The maximum Gasteiger partial charge on any atom is 0.407 e. The standard InChI is InChI=1S/C49H54N8O8/c1-27(2)39(54-47(60)62-3)45(58)57-26-49(64-21-22-65-49)25-38(57)44-51-36-19-15-32-24-30(13-17-34(32)42(36)53-44)29-12-16-33-31(23-29)14-18-35-41(33)52-43(50-35)37-11-8-20-56(37)46(59)40(55-48(61)63-4)28-9-6-5-7-10-28/h5-7,9-10,12-14,16-18,23-24,27,36-40,42H,8,11,15,19-22,25-26H2,1-4H3,(H,50,52)(H,51,53)(H,54,60)(H,55,61)/t36-,37-,38-,39-,40+,42?/m0/s1. The summed E-state index contributed by atoms with van der Waals surface area (Å²) in [5.41, 5.74) is 7.07. The van der Waals surface area contributed by atoms with Gasteiger partial charge in [-0.05, 0) is 76.9 Å². The molecule has 10 rings (SSSR count). The normalized spacial score (nSPS) is 22.9. The van der Waals surface area contributed by atoms with Crippen LogP contribution < -0.4 is 16.0 Å². The van der Waals surface area contributed by atoms with Crippen molar-refractivity contribution in [3.8, 4) is 11.1 Å². The van der Waals surface area contributed by atoms with Crippen molar-refractivity contribution in [1.82, 2.24) is 35.7 Å². The molecule has 3 fully saturated rings. The number of amidine groups is 1. The number of aromatic nitrogens is 2. The third-order valence-electron chi connectivity index (χ3n) is 13.8. The Hall–Kier alpha value is -6.52. The van der Waals surface area contributed by atoms with E-state index in [9.17, 15) is 19.2 Å². The molecule has 5 heterocycles. The average Bonchev–Trinajstić information content (AvgIpc) is 4.19. The van der Waals surface area contributed by atoms with Crippen molar-refractivity contribution in [2.45, 2.75) is 88.0 Å². The quantitative estimate of drug-likeness (QED) is 0.132. The van der Waals surface area contributed by atoms with Crippen LogP contribution in [0.2, 0.25) is 0 Å². The van der Waals surface area contributed by atoms with Crippen LogP contribution in [0.4, 0.5) is 9.59 Å². The van der Waals surface area contributed by atoms with Gasteiger partial charge in [-0.3, -0.25) is 14.6 Å². The van der Waals surface area contributed by atoms with Gasteiger partial charge in [0.05, 0.1) is 69.2 Å². The molecule has 338 valence electrons. The molecular weight excluding hydrogens is 829 g/mol. The second kappa shape index (κ2) is 17.1. The zero-order valence-electron chi connectivity index (χ0n) is 37.0. The summed E-state index contributed by atoms with van der Waals surface area (Å²) >= 11 is 0. The SMILES string of the molecule is COC(=O)N[C@H](C(=O)N1CC2(C[C@H]1C1=N[C@H]3CCc4cc(-c5ccc6c(ccc7nc([C@@H]8CCCN8C(=O)[C@H](NC(=O)OC)c8ccccc8)[nH]c76)c5)ccc4C3N1)OCCO2)C(C)C. The van der Waals surface area contributed by atoms with Crippen molar-refractivity contribution in [2.24, 2.45) is 10.9 Å². The molecule has 0 radical (unpaired) electrons. The summed E-state index contributed by atoms with van der Waals surface area (Å²) in [5.74, 6) is -0.0783. The van der Waals surface area contributed by atoms with E-state index in [2.05, 4.69) is 63.4 Å². The summed E-state index contributed by atoms with van der Waals surface area (Å²) in [7, 11) is 2.57. The first kappa shape index (κ1) is 42.4. The zero-order valence-corrected chi connectivity index (χ0v) is 37.0. The third kappa shape index (κ3) is 7.81. The van der Waals surface area contributed by atoms with Crippen molar-refractivity contribution in [3.63, 3.8) is 0 Å². The number of alkyl carbamates (subject to hydrolysis) is 2. The lowest BCUT2D eigenvalue weighted by atomic mass is 9.83. The molecule has 1 unspecified atom stereocenters. The summed E-state index contributed by atoms with van der Waals surface area (Å²) in [4.78, 5) is 70.3. The van der Waals surface area contributed by atoms with Gasteiger partial charge < -0.3 is 49.7 Å². The van der Waals surface area contributed by atoms with Gasteiger partial charge in [0, 0.05) is 18.4 Å². The molecule has 0 bridgehead atoms. The topological polar surface area (TPSA) is 189 Å². The van der Waals surface area contributed by atoms with Crippen molar-refractivity contribution in [1.29, 1.82) is 0 Å². The highest BCUT2D eigenvalue weighted by atomic mass is 16.7. The number of likely N-dealkylation sites (tertiary alicyclic amines) is 2. The fraction of sp³-hybridized carbons (Fsp3) is 0.429. The number of hydrogen-bond donors (Lipinski definition) is 4. The molecule has 1 spiro atoms. The molecule has 4 amide bonds. The Morgan fingerprint density at radius 2 is 1.60 bits per heavy atom. The van der Waals surface area contributed by atoms with Crippen molar-refractivity contribution in [3.05, 3.63) is 101 Å². The first-order valence-corrected chi connectivity index (χ1v) is 22.6. The minimum atomic E-state index is -0.917. The second-order valence-corrected chi connectivity index (χ2v) is 18.0. The van der Waals surface area contributed by atoms with E-state index in [1.165, 1.54) is 25.3 Å². The van der Waals surface area contributed by atoms with E-state index in [4.69, 9.17) is 28.9 Å². The number of amides is 4. The number of nitrogens with zero attached hydrogens (tertiary/aromatic N) is 4. The van der Waals surface area contributed by atoms with E-state index in [1.54, 1.807) is 4.90 Å². The lowest BCUT2D eigenvalue weighted by Gasteiger charge is -2.31. The maximum absolute atomic E-state index is 14.2. The van der Waals surface area contributed by atoms with E-state index in [0.29, 0.717) is 31.7 Å². The van der Waals surface area contributed by atoms with Gasteiger partial charge in [-0.2, -0.15) is 0 Å². The van der Waals surface area contributed by atoms with E-state index in [-0.39, 0.29) is 42.4 Å². The minimum Gasteiger partial charge on any atom is -0.453 e. The third-order valence-corrected chi connectivity index (χ3v) is 13.8. The summed E-state index contributed by atoms with van der Waals surface area (Å²) in [6.45, 7) is 5.48. The van der Waals surface area contributed by atoms with Crippen LogP contribution in [0, 0.1) is 5.92 Å². The Morgan fingerprint density at radius 3 is 2.37 bits per heavy atom. The molecule has 0 saturated carbocycles. The highest BCUT2D eigenvalue weighted by Crippen LogP contribution is 2.42. The number of aliphatic imine (C=N–C) groups is 1. The van der Waals surface area contributed by atoms with Crippen LogP contribution in [-0.4, -0.2) is 114 Å². The van der Waals surface area contributed by atoms with Gasteiger partial charge in [0.15, 0.2) is 5.79 Å². The Kier molecular flexibility index (Phi) is 11.2. The van der Waals surface area contributed by atoms with Crippen LogP contribution in [0.25, 0.3) is 32.9 Å². The zero-order chi connectivity index (χ0) is 45.0. The number of aromatic amines is 1. The molecule has 16 heteroatoms. The van der Waals surface area contributed by atoms with Crippen LogP contribution in [0.3, 0.4) is 0 Å². The van der Waals surface area contributed by atoms with Gasteiger partial charge in [0.2, 0.25) is 5.91 Å². The van der Waals surface area contributed by atoms with Crippen LogP contribution >= 0.6 is 0 Å². The van der Waals surface area contributed by atoms with Crippen LogP contribution in [0.5, 0.6) is 0 Å². The minimum absolute atomic E-state index is 0.00924. The number of H-pyrrole nitrogens is 1. The van der Waals surface area contributed by atoms with Crippen LogP contribution in [0.1, 0.15) is 80.2 Å². The Morgan fingerprint density at radius 1 is 0.846 bits per heavy atom. The number of carbonyl (C=O) groups excluding carboxylic acids is 4. The first-order valence-electron chi connectivity index (χ1n) is 22.6. The molecule has 1 aliphatic carbocycles. The van der Waals surface area contributed by atoms with Gasteiger partial charge in [0.1, 0.15) is 23.7 Å². The fourth-order valence-corrected chi connectivity index (χ4v) is 10.5. The molecular formula is C49H54N8O8. The second-order valence-electron chi connectivity index (χ2n) is 18.0. The van der Waals surface area contributed by atoms with E-state index in [1.807, 2.05) is 55.1 Å². The van der Waals surface area contributed by atoms with Gasteiger partial charge in [-0.25, -0.2) is 14.6 Å². The molecule has 4 aromatic carbocycles. The van der Waals surface area contributed by atoms with Crippen molar-refractivity contribution >= 4 is 51.6 Å².